The van der Waals surface area contributed by atoms with Crippen LogP contribution in [0.1, 0.15) is 24.5 Å². The van der Waals surface area contributed by atoms with Gasteiger partial charge >= 0.3 is 6.03 Å². The molecule has 0 spiro atoms. The summed E-state index contributed by atoms with van der Waals surface area (Å²) in [7, 11) is 1.77. The van der Waals surface area contributed by atoms with Gasteiger partial charge in [0, 0.05) is 24.7 Å². The van der Waals surface area contributed by atoms with E-state index in [-0.39, 0.29) is 17.8 Å². The number of halogens is 1. The molecule has 0 aromatic heterocycles. The highest BCUT2D eigenvalue weighted by Crippen LogP contribution is 2.13. The van der Waals surface area contributed by atoms with Gasteiger partial charge < -0.3 is 15.3 Å². The molecule has 0 heterocycles. The number of phenols is 1. The number of carbonyl (C=O) groups excluding carboxylic acids is 1. The number of aryl methyl sites for hydroxylation is 1. The number of hydrogen-bond donors (Lipinski definition) is 2. The highest BCUT2D eigenvalue weighted by atomic mass is 35.5. The number of benzene rings is 2. The van der Waals surface area contributed by atoms with Gasteiger partial charge in [0.15, 0.2) is 0 Å². The van der Waals surface area contributed by atoms with Crippen molar-refractivity contribution >= 4 is 17.6 Å². The summed E-state index contributed by atoms with van der Waals surface area (Å²) in [6, 6.07) is 14.6. The second-order valence-electron chi connectivity index (χ2n) is 6.04. The third kappa shape index (κ3) is 5.78. The quantitative estimate of drug-likeness (QED) is 0.823. The molecule has 0 aliphatic heterocycles. The topological polar surface area (TPSA) is 52.6 Å². The Morgan fingerprint density at radius 3 is 2.33 bits per heavy atom. The van der Waals surface area contributed by atoms with Crippen molar-refractivity contribution in [2.45, 2.75) is 32.4 Å². The van der Waals surface area contributed by atoms with Crippen LogP contribution in [0.4, 0.5) is 4.79 Å². The van der Waals surface area contributed by atoms with E-state index in [2.05, 4.69) is 5.32 Å². The molecule has 24 heavy (non-hydrogen) atoms. The molecule has 2 amide bonds. The summed E-state index contributed by atoms with van der Waals surface area (Å²) in [4.78, 5) is 13.9. The average Bonchev–Trinajstić information content (AvgIpc) is 2.56. The Balaban J connectivity index is 1.77. The number of nitrogens with one attached hydrogen (secondary N) is 1. The van der Waals surface area contributed by atoms with E-state index in [1.165, 1.54) is 0 Å². The van der Waals surface area contributed by atoms with Gasteiger partial charge in [0.2, 0.25) is 0 Å². The van der Waals surface area contributed by atoms with Crippen LogP contribution >= 0.6 is 11.6 Å². The van der Waals surface area contributed by atoms with Crippen molar-refractivity contribution in [2.75, 3.05) is 7.05 Å². The van der Waals surface area contributed by atoms with Crippen LogP contribution in [-0.4, -0.2) is 29.1 Å². The third-order valence-electron chi connectivity index (χ3n) is 3.85. The summed E-state index contributed by atoms with van der Waals surface area (Å²) in [6.45, 7) is 2.53. The monoisotopic (exact) mass is 346 g/mol. The summed E-state index contributed by atoms with van der Waals surface area (Å²) in [6.07, 6.45) is 1.69. The van der Waals surface area contributed by atoms with Crippen molar-refractivity contribution in [3.05, 3.63) is 64.7 Å². The lowest BCUT2D eigenvalue weighted by Gasteiger charge is -2.21. The molecule has 128 valence electrons. The largest absolute Gasteiger partial charge is 0.508 e. The normalized spacial score (nSPS) is 11.8. The number of carbonyl (C=O) groups is 1. The summed E-state index contributed by atoms with van der Waals surface area (Å²) >= 11 is 5.87. The Bertz CT molecular complexity index is 656. The number of urea groups is 1. The van der Waals surface area contributed by atoms with Gasteiger partial charge in [-0.3, -0.25) is 0 Å². The van der Waals surface area contributed by atoms with E-state index in [1.54, 1.807) is 24.1 Å². The first-order valence-corrected chi connectivity index (χ1v) is 8.36. The molecule has 2 N–H and O–H groups in total. The zero-order chi connectivity index (χ0) is 17.5. The van der Waals surface area contributed by atoms with Gasteiger partial charge in [0.05, 0.1) is 0 Å². The van der Waals surface area contributed by atoms with Gasteiger partial charge in [-0.05, 0) is 55.2 Å². The highest BCUT2D eigenvalue weighted by molar-refractivity contribution is 6.30. The SMILES string of the molecule is CC(CCc1ccc(O)cc1)NC(=O)N(C)Cc1ccc(Cl)cc1. The maximum Gasteiger partial charge on any atom is 0.317 e. The predicted molar refractivity (Wildman–Crippen MR) is 97.3 cm³/mol. The molecule has 1 unspecified atom stereocenters. The molecule has 0 aliphatic carbocycles. The van der Waals surface area contributed by atoms with Crippen LogP contribution in [0.5, 0.6) is 5.75 Å². The lowest BCUT2D eigenvalue weighted by molar-refractivity contribution is 0.203. The third-order valence-corrected chi connectivity index (χ3v) is 4.10. The molecule has 5 heteroatoms. The molecule has 0 saturated carbocycles. The van der Waals surface area contributed by atoms with E-state index in [9.17, 15) is 9.90 Å². The molecule has 0 saturated heterocycles. The Kier molecular flexibility index (Phi) is 6.50. The Labute approximate surface area is 148 Å². The van der Waals surface area contributed by atoms with E-state index >= 15 is 0 Å². The molecule has 0 fully saturated rings. The predicted octanol–water partition coefficient (Wildman–Crippen LogP) is 4.21. The van der Waals surface area contributed by atoms with Gasteiger partial charge in [-0.15, -0.1) is 0 Å². The number of phenolic OH excluding ortho intramolecular Hbond substituents is 1. The van der Waals surface area contributed by atoms with Crippen molar-refractivity contribution < 1.29 is 9.90 Å². The lowest BCUT2D eigenvalue weighted by Crippen LogP contribution is -2.41. The highest BCUT2D eigenvalue weighted by Gasteiger charge is 2.12. The fraction of sp³-hybridized carbons (Fsp3) is 0.316. The van der Waals surface area contributed by atoms with E-state index in [0.29, 0.717) is 11.6 Å². The minimum absolute atomic E-state index is 0.0685. The number of aromatic hydroxyl groups is 1. The first-order chi connectivity index (χ1) is 11.4. The standard InChI is InChI=1S/C19H23ClN2O2/c1-14(3-4-15-7-11-18(23)12-8-15)21-19(24)22(2)13-16-5-9-17(20)10-6-16/h5-12,14,23H,3-4,13H2,1-2H3,(H,21,24). The molecule has 4 nitrogen and oxygen atoms in total. The van der Waals surface area contributed by atoms with Crippen LogP contribution in [0, 0.1) is 0 Å². The van der Waals surface area contributed by atoms with E-state index in [0.717, 1.165) is 24.0 Å². The number of amides is 2. The van der Waals surface area contributed by atoms with Crippen LogP contribution in [0.2, 0.25) is 5.02 Å². The van der Waals surface area contributed by atoms with Gasteiger partial charge in [-0.1, -0.05) is 35.9 Å². The summed E-state index contributed by atoms with van der Waals surface area (Å²) < 4.78 is 0. The van der Waals surface area contributed by atoms with E-state index in [4.69, 9.17) is 11.6 Å². The fourth-order valence-corrected chi connectivity index (χ4v) is 2.50. The molecule has 0 radical (unpaired) electrons. The van der Waals surface area contributed by atoms with Crippen molar-refractivity contribution in [3.63, 3.8) is 0 Å². The van der Waals surface area contributed by atoms with Crippen molar-refractivity contribution in [3.8, 4) is 5.75 Å². The van der Waals surface area contributed by atoms with Crippen molar-refractivity contribution in [1.82, 2.24) is 10.2 Å². The first-order valence-electron chi connectivity index (χ1n) is 7.98. The van der Waals surface area contributed by atoms with Gasteiger partial charge in [-0.2, -0.15) is 0 Å². The fourth-order valence-electron chi connectivity index (χ4n) is 2.37. The molecular formula is C19H23ClN2O2. The summed E-state index contributed by atoms with van der Waals surface area (Å²) in [5.41, 5.74) is 2.18. The van der Waals surface area contributed by atoms with Gasteiger partial charge in [0.25, 0.3) is 0 Å². The van der Waals surface area contributed by atoms with Crippen LogP contribution in [0.25, 0.3) is 0 Å². The van der Waals surface area contributed by atoms with Crippen LogP contribution in [0.15, 0.2) is 48.5 Å². The summed E-state index contributed by atoms with van der Waals surface area (Å²) in [5.74, 6) is 0.268. The number of hydrogen-bond acceptors (Lipinski definition) is 2. The zero-order valence-corrected chi connectivity index (χ0v) is 14.8. The van der Waals surface area contributed by atoms with Crippen LogP contribution in [-0.2, 0) is 13.0 Å². The van der Waals surface area contributed by atoms with Crippen molar-refractivity contribution in [1.29, 1.82) is 0 Å². The Hall–Kier alpha value is -2.20. The minimum atomic E-state index is -0.0943. The maximum atomic E-state index is 12.2. The number of rotatable bonds is 6. The molecule has 0 bridgehead atoms. The smallest absolute Gasteiger partial charge is 0.317 e. The molecule has 1 atom stereocenters. The van der Waals surface area contributed by atoms with Gasteiger partial charge in [0.1, 0.15) is 5.75 Å². The molecule has 0 aliphatic rings. The summed E-state index contributed by atoms with van der Waals surface area (Å²) in [5, 5.41) is 13.0. The second kappa shape index (κ2) is 8.60. The van der Waals surface area contributed by atoms with Gasteiger partial charge in [-0.25, -0.2) is 4.79 Å². The molecular weight excluding hydrogens is 324 g/mol. The zero-order valence-electron chi connectivity index (χ0n) is 14.0. The van der Waals surface area contributed by atoms with Crippen LogP contribution < -0.4 is 5.32 Å². The van der Waals surface area contributed by atoms with Crippen molar-refractivity contribution in [2.24, 2.45) is 0 Å². The maximum absolute atomic E-state index is 12.2. The molecule has 2 aromatic rings. The second-order valence-corrected chi connectivity index (χ2v) is 6.47. The minimum Gasteiger partial charge on any atom is -0.508 e. The Morgan fingerprint density at radius 2 is 1.71 bits per heavy atom. The lowest BCUT2D eigenvalue weighted by atomic mass is 10.1. The Morgan fingerprint density at radius 1 is 1.12 bits per heavy atom. The molecule has 2 rings (SSSR count). The van der Waals surface area contributed by atoms with Crippen LogP contribution in [0.3, 0.4) is 0 Å². The number of nitrogens with zero attached hydrogens (tertiary/aromatic N) is 1. The molecule has 2 aromatic carbocycles. The average molecular weight is 347 g/mol. The van der Waals surface area contributed by atoms with E-state index < -0.39 is 0 Å². The first kappa shape index (κ1) is 18.1. The van der Waals surface area contributed by atoms with E-state index in [1.807, 2.05) is 43.3 Å².